The van der Waals surface area contributed by atoms with E-state index in [0.29, 0.717) is 12.8 Å². The molecule has 1 fully saturated rings. The van der Waals surface area contributed by atoms with Crippen molar-refractivity contribution < 1.29 is 23.2 Å². The van der Waals surface area contributed by atoms with Crippen LogP contribution in [0.2, 0.25) is 0 Å². The van der Waals surface area contributed by atoms with Gasteiger partial charge >= 0.3 is 0 Å². The molecule has 1 aliphatic rings. The Hall–Kier alpha value is -1.71. The highest BCUT2D eigenvalue weighted by Gasteiger charge is 2.46. The predicted molar refractivity (Wildman–Crippen MR) is 69.0 cm³/mol. The summed E-state index contributed by atoms with van der Waals surface area (Å²) >= 11 is 0. The van der Waals surface area contributed by atoms with Crippen molar-refractivity contribution in [1.82, 2.24) is 4.72 Å². The van der Waals surface area contributed by atoms with E-state index in [4.69, 9.17) is 9.84 Å². The fourth-order valence-corrected chi connectivity index (χ4v) is 3.41. The maximum Gasteiger partial charge on any atom is 0.271 e. The molecule has 1 aliphatic carbocycles. The van der Waals surface area contributed by atoms with Crippen molar-refractivity contribution in [2.24, 2.45) is 0 Å². The molecule has 0 aromatic heterocycles. The number of nitrogens with one attached hydrogen (secondary N) is 1. The molecule has 110 valence electrons. The molecule has 2 rings (SSSR count). The molecule has 20 heavy (non-hydrogen) atoms. The fourth-order valence-electron chi connectivity index (χ4n) is 1.77. The quantitative estimate of drug-likeness (QED) is 0.580. The number of aliphatic hydroxyl groups excluding tert-OH is 1. The molecule has 2 N–H and O–H groups in total. The minimum absolute atomic E-state index is 0.0110. The van der Waals surface area contributed by atoms with E-state index in [2.05, 4.69) is 4.72 Å². The zero-order valence-corrected chi connectivity index (χ0v) is 11.5. The van der Waals surface area contributed by atoms with Crippen LogP contribution in [0.25, 0.3) is 0 Å². The average molecular weight is 302 g/mol. The number of methoxy groups -OCH3 is 1. The Labute approximate surface area is 115 Å². The third kappa shape index (κ3) is 2.74. The second kappa shape index (κ2) is 5.00. The van der Waals surface area contributed by atoms with Crippen molar-refractivity contribution in [3.8, 4) is 5.75 Å². The van der Waals surface area contributed by atoms with Gasteiger partial charge in [-0.3, -0.25) is 10.1 Å². The van der Waals surface area contributed by atoms with Gasteiger partial charge in [0.15, 0.2) is 0 Å². The zero-order chi connectivity index (χ0) is 15.0. The number of nitrogens with zero attached hydrogens (tertiary/aromatic N) is 1. The maximum absolute atomic E-state index is 12.3. The Balaban J connectivity index is 2.44. The average Bonchev–Trinajstić information content (AvgIpc) is 3.17. The minimum atomic E-state index is -4.01. The molecule has 1 aromatic carbocycles. The molecule has 0 bridgehead atoms. The number of hydrogen-bond acceptors (Lipinski definition) is 6. The first-order valence-corrected chi connectivity index (χ1v) is 7.29. The molecule has 0 atom stereocenters. The summed E-state index contributed by atoms with van der Waals surface area (Å²) in [4.78, 5) is 9.75. The summed E-state index contributed by atoms with van der Waals surface area (Å²) in [5.41, 5.74) is -1.20. The van der Waals surface area contributed by atoms with Crippen molar-refractivity contribution in [2.75, 3.05) is 13.7 Å². The number of nitro benzene ring substituents is 1. The molecule has 0 spiro atoms. The van der Waals surface area contributed by atoms with Gasteiger partial charge in [0.05, 0.1) is 24.2 Å². The summed E-state index contributed by atoms with van der Waals surface area (Å²) in [5.74, 6) is 0.0110. The largest absolute Gasteiger partial charge is 0.495 e. The van der Waals surface area contributed by atoms with Crippen LogP contribution < -0.4 is 9.46 Å². The van der Waals surface area contributed by atoms with Gasteiger partial charge < -0.3 is 9.84 Å². The molecule has 8 nitrogen and oxygen atoms in total. The van der Waals surface area contributed by atoms with E-state index in [9.17, 15) is 18.5 Å². The standard InChI is InChI=1S/C11H14N2O6S/c1-19-9-3-2-8(13(15)16)6-10(9)20(17,18)12-11(7-14)4-5-11/h2-3,6,12,14H,4-5,7H2,1H3. The molecule has 1 aromatic rings. The van der Waals surface area contributed by atoms with E-state index in [-0.39, 0.29) is 22.9 Å². The highest BCUT2D eigenvalue weighted by Crippen LogP contribution is 2.37. The third-order valence-corrected chi connectivity index (χ3v) is 4.75. The van der Waals surface area contributed by atoms with E-state index in [1.54, 1.807) is 0 Å². The Kier molecular flexibility index (Phi) is 3.67. The van der Waals surface area contributed by atoms with Crippen LogP contribution in [-0.2, 0) is 10.0 Å². The van der Waals surface area contributed by atoms with E-state index < -0.39 is 20.5 Å². The van der Waals surface area contributed by atoms with Crippen LogP contribution >= 0.6 is 0 Å². The highest BCUT2D eigenvalue weighted by atomic mass is 32.2. The Bertz CT molecular complexity index is 638. The Morgan fingerprint density at radius 2 is 2.15 bits per heavy atom. The van der Waals surface area contributed by atoms with Gasteiger partial charge in [-0.1, -0.05) is 0 Å². The molecule has 0 heterocycles. The summed E-state index contributed by atoms with van der Waals surface area (Å²) < 4.78 is 31.9. The van der Waals surface area contributed by atoms with E-state index in [1.807, 2.05) is 0 Å². The van der Waals surface area contributed by atoms with Gasteiger partial charge in [0.25, 0.3) is 5.69 Å². The van der Waals surface area contributed by atoms with Gasteiger partial charge in [-0.2, -0.15) is 0 Å². The number of hydrogen-bond donors (Lipinski definition) is 2. The first-order valence-electron chi connectivity index (χ1n) is 5.81. The summed E-state index contributed by atoms with van der Waals surface area (Å²) in [7, 11) is -2.73. The van der Waals surface area contributed by atoms with Crippen LogP contribution in [0.5, 0.6) is 5.75 Å². The molecule has 1 saturated carbocycles. The van der Waals surface area contributed by atoms with Crippen LogP contribution in [0, 0.1) is 10.1 Å². The van der Waals surface area contributed by atoms with Gasteiger partial charge in [-0.25, -0.2) is 13.1 Å². The first-order chi connectivity index (χ1) is 9.33. The van der Waals surface area contributed by atoms with Crippen LogP contribution in [0.15, 0.2) is 23.1 Å². The summed E-state index contributed by atoms with van der Waals surface area (Å²) in [6.45, 7) is -0.316. The van der Waals surface area contributed by atoms with Crippen LogP contribution in [-0.4, -0.2) is 37.7 Å². The molecular weight excluding hydrogens is 288 g/mol. The predicted octanol–water partition coefficient (Wildman–Crippen LogP) is 0.407. The number of rotatable bonds is 6. The van der Waals surface area contributed by atoms with Crippen LogP contribution in [0.1, 0.15) is 12.8 Å². The molecule has 0 amide bonds. The van der Waals surface area contributed by atoms with Gasteiger partial charge in [-0.15, -0.1) is 0 Å². The lowest BCUT2D eigenvalue weighted by Crippen LogP contribution is -2.39. The molecular formula is C11H14N2O6S. The van der Waals surface area contributed by atoms with Crippen LogP contribution in [0.4, 0.5) is 5.69 Å². The van der Waals surface area contributed by atoms with Crippen LogP contribution in [0.3, 0.4) is 0 Å². The van der Waals surface area contributed by atoms with Crippen molar-refractivity contribution in [3.05, 3.63) is 28.3 Å². The number of ether oxygens (including phenoxy) is 1. The maximum atomic E-state index is 12.3. The van der Waals surface area contributed by atoms with Gasteiger partial charge in [0.2, 0.25) is 10.0 Å². The number of benzene rings is 1. The molecule has 0 unspecified atom stereocenters. The summed E-state index contributed by atoms with van der Waals surface area (Å²) in [5, 5.41) is 19.9. The lowest BCUT2D eigenvalue weighted by molar-refractivity contribution is -0.385. The zero-order valence-electron chi connectivity index (χ0n) is 10.7. The van der Waals surface area contributed by atoms with Crippen molar-refractivity contribution in [3.63, 3.8) is 0 Å². The minimum Gasteiger partial charge on any atom is -0.495 e. The molecule has 0 saturated heterocycles. The van der Waals surface area contributed by atoms with Gasteiger partial charge in [0.1, 0.15) is 10.6 Å². The normalized spacial score (nSPS) is 16.7. The van der Waals surface area contributed by atoms with Crippen molar-refractivity contribution in [1.29, 1.82) is 0 Å². The van der Waals surface area contributed by atoms with Crippen molar-refractivity contribution >= 4 is 15.7 Å². The van der Waals surface area contributed by atoms with Gasteiger partial charge in [0, 0.05) is 12.1 Å². The highest BCUT2D eigenvalue weighted by molar-refractivity contribution is 7.89. The van der Waals surface area contributed by atoms with E-state index in [1.165, 1.54) is 13.2 Å². The first kappa shape index (κ1) is 14.7. The fraction of sp³-hybridized carbons (Fsp3) is 0.455. The monoisotopic (exact) mass is 302 g/mol. The van der Waals surface area contributed by atoms with Crippen molar-refractivity contribution in [2.45, 2.75) is 23.3 Å². The number of sulfonamides is 1. The summed E-state index contributed by atoms with van der Waals surface area (Å²) in [6, 6.07) is 3.33. The molecule has 0 radical (unpaired) electrons. The Morgan fingerprint density at radius 3 is 2.60 bits per heavy atom. The van der Waals surface area contributed by atoms with E-state index in [0.717, 1.165) is 12.1 Å². The lowest BCUT2D eigenvalue weighted by Gasteiger charge is -2.16. The van der Waals surface area contributed by atoms with Gasteiger partial charge in [-0.05, 0) is 18.9 Å². The lowest BCUT2D eigenvalue weighted by atomic mass is 10.3. The topological polar surface area (TPSA) is 119 Å². The molecule has 0 aliphatic heterocycles. The number of aliphatic hydroxyl groups is 1. The Morgan fingerprint density at radius 1 is 1.50 bits per heavy atom. The number of non-ortho nitro benzene ring substituents is 1. The third-order valence-electron chi connectivity index (χ3n) is 3.15. The summed E-state index contributed by atoms with van der Waals surface area (Å²) in [6.07, 6.45) is 1.06. The SMILES string of the molecule is COc1ccc([N+](=O)[O-])cc1S(=O)(=O)NC1(CO)CC1. The number of nitro groups is 1. The second-order valence-electron chi connectivity index (χ2n) is 4.64. The van der Waals surface area contributed by atoms with E-state index >= 15 is 0 Å². The molecule has 9 heteroatoms. The smallest absolute Gasteiger partial charge is 0.271 e. The second-order valence-corrected chi connectivity index (χ2v) is 6.29.